The maximum absolute atomic E-state index is 14.3. The lowest BCUT2D eigenvalue weighted by molar-refractivity contribution is -0.142. The van der Waals surface area contributed by atoms with Gasteiger partial charge in [0.1, 0.15) is 5.82 Å². The number of carbonyl (C=O) groups excluding carboxylic acids is 1. The highest BCUT2D eigenvalue weighted by molar-refractivity contribution is 6.08. The average molecular weight is 463 g/mol. The molecule has 2 N–H and O–H groups in total. The lowest BCUT2D eigenvalue weighted by Gasteiger charge is -2.50. The molecule has 3 aliphatic rings. The lowest BCUT2D eigenvalue weighted by Crippen LogP contribution is -2.55. The summed E-state index contributed by atoms with van der Waals surface area (Å²) in [6, 6.07) is 7.70. The zero-order valence-corrected chi connectivity index (χ0v) is 19.5. The van der Waals surface area contributed by atoms with Crippen molar-refractivity contribution in [2.24, 2.45) is 28.0 Å². The van der Waals surface area contributed by atoms with Crippen LogP contribution in [0, 0.1) is 34.4 Å². The molecule has 2 aliphatic carbocycles. The summed E-state index contributed by atoms with van der Waals surface area (Å²) in [6.07, 6.45) is 4.34. The van der Waals surface area contributed by atoms with Gasteiger partial charge in [-0.3, -0.25) is 9.69 Å². The fourth-order valence-corrected chi connectivity index (χ4v) is 6.74. The van der Waals surface area contributed by atoms with Gasteiger partial charge in [0.05, 0.1) is 36.7 Å². The van der Waals surface area contributed by atoms with Crippen molar-refractivity contribution in [1.82, 2.24) is 14.9 Å². The number of ether oxygens (including phenoxy) is 1. The van der Waals surface area contributed by atoms with Gasteiger partial charge in [-0.05, 0) is 54.4 Å². The molecule has 2 heterocycles. The number of nitrogens with two attached hydrogens (primary N) is 1. The molecule has 1 aromatic heterocycles. The van der Waals surface area contributed by atoms with Gasteiger partial charge in [0.15, 0.2) is 17.3 Å². The first-order chi connectivity index (χ1) is 16.2. The fraction of sp³-hybridized carbons (Fsp3) is 0.480. The molecule has 0 bridgehead atoms. The predicted molar refractivity (Wildman–Crippen MR) is 121 cm³/mol. The first-order valence-corrected chi connectivity index (χ1v) is 11.4. The maximum atomic E-state index is 14.3. The Kier molecular flexibility index (Phi) is 5.17. The van der Waals surface area contributed by atoms with E-state index in [1.54, 1.807) is 19.2 Å². The number of aromatic nitrogens is 2. The molecule has 2 aromatic rings. The van der Waals surface area contributed by atoms with E-state index in [2.05, 4.69) is 29.9 Å². The molecule has 1 fully saturated rings. The van der Waals surface area contributed by atoms with Crippen LogP contribution >= 0.6 is 0 Å². The summed E-state index contributed by atoms with van der Waals surface area (Å²) in [5, 5.41) is 9.57. The third-order valence-corrected chi connectivity index (χ3v) is 7.83. The van der Waals surface area contributed by atoms with Crippen LogP contribution in [-0.4, -0.2) is 39.9 Å². The molecule has 2 spiro atoms. The van der Waals surface area contributed by atoms with E-state index in [-0.39, 0.29) is 42.2 Å². The molecule has 5 rings (SSSR count). The van der Waals surface area contributed by atoms with Crippen molar-refractivity contribution in [3.8, 4) is 6.07 Å². The Morgan fingerprint density at radius 3 is 2.56 bits per heavy atom. The van der Waals surface area contributed by atoms with Crippen LogP contribution < -0.4 is 5.73 Å². The Bertz CT molecular complexity index is 1210. The second-order valence-corrected chi connectivity index (χ2v) is 9.89. The molecular formula is C25H27FN6O2. The Hall–Kier alpha value is -3.38. The number of nitriles is 1. The fourth-order valence-electron chi connectivity index (χ4n) is 6.74. The Balaban J connectivity index is 1.64. The molecule has 1 aliphatic heterocycles. The predicted octanol–water partition coefficient (Wildman–Crippen LogP) is 2.66. The summed E-state index contributed by atoms with van der Waals surface area (Å²) in [4.78, 5) is 28.6. The molecule has 8 nitrogen and oxygen atoms in total. The van der Waals surface area contributed by atoms with Gasteiger partial charge in [0, 0.05) is 12.5 Å². The van der Waals surface area contributed by atoms with E-state index in [0.29, 0.717) is 12.0 Å². The average Bonchev–Trinajstić information content (AvgIpc) is 3.21. The minimum atomic E-state index is -1.24. The van der Waals surface area contributed by atoms with Crippen LogP contribution in [0.15, 0.2) is 35.6 Å². The number of fused-ring (bicyclic) bond motifs is 3. The van der Waals surface area contributed by atoms with Crippen LogP contribution in [-0.2, 0) is 28.0 Å². The molecular weight excluding hydrogens is 435 g/mol. The third kappa shape index (κ3) is 3.05. The summed E-state index contributed by atoms with van der Waals surface area (Å²) in [7, 11) is 1.73. The van der Waals surface area contributed by atoms with Gasteiger partial charge in [0.2, 0.25) is 0 Å². The van der Waals surface area contributed by atoms with Crippen LogP contribution in [0.1, 0.15) is 49.2 Å². The number of methoxy groups -OCH3 is 1. The molecule has 176 valence electrons. The van der Waals surface area contributed by atoms with E-state index in [9.17, 15) is 14.4 Å². The number of guanidine groups is 1. The minimum absolute atomic E-state index is 0.00858. The summed E-state index contributed by atoms with van der Waals surface area (Å²) in [6.45, 7) is 4.30. The second kappa shape index (κ2) is 7.84. The molecule has 34 heavy (non-hydrogen) atoms. The number of carbonyl (C=O) groups is 1. The zero-order chi connectivity index (χ0) is 24.3. The largest absolute Gasteiger partial charge is 0.381 e. The highest BCUT2D eigenvalue weighted by Gasteiger charge is 2.68. The first kappa shape index (κ1) is 22.4. The van der Waals surface area contributed by atoms with Crippen molar-refractivity contribution in [2.45, 2.75) is 51.3 Å². The minimum Gasteiger partial charge on any atom is -0.381 e. The molecule has 9 heteroatoms. The van der Waals surface area contributed by atoms with Crippen LogP contribution in [0.2, 0.25) is 0 Å². The van der Waals surface area contributed by atoms with Crippen LogP contribution in [0.4, 0.5) is 4.39 Å². The zero-order valence-electron chi connectivity index (χ0n) is 19.5. The molecule has 0 radical (unpaired) electrons. The maximum Gasteiger partial charge on any atom is 0.262 e. The molecule has 2 unspecified atom stereocenters. The van der Waals surface area contributed by atoms with E-state index in [1.807, 2.05) is 6.07 Å². The Labute approximate surface area is 197 Å². The van der Waals surface area contributed by atoms with E-state index in [0.717, 1.165) is 36.4 Å². The van der Waals surface area contributed by atoms with Gasteiger partial charge in [0.25, 0.3) is 5.91 Å². The Morgan fingerprint density at radius 2 is 1.94 bits per heavy atom. The van der Waals surface area contributed by atoms with Crippen LogP contribution in [0.25, 0.3) is 0 Å². The van der Waals surface area contributed by atoms with E-state index < -0.39 is 16.8 Å². The van der Waals surface area contributed by atoms with Gasteiger partial charge in [-0.25, -0.2) is 19.4 Å². The number of benzene rings is 1. The van der Waals surface area contributed by atoms with Crippen LogP contribution in [0.3, 0.4) is 0 Å². The lowest BCUT2D eigenvalue weighted by atomic mass is 9.56. The summed E-state index contributed by atoms with van der Waals surface area (Å²) >= 11 is 0. The summed E-state index contributed by atoms with van der Waals surface area (Å²) < 4.78 is 19.1. The van der Waals surface area contributed by atoms with Crippen molar-refractivity contribution < 1.29 is 13.9 Å². The standard InChI is InChI=1S/C25H27FN6O2/c1-14-7-24(8-15(2)21(14)34-3)9-17-5-4-16(10-27)6-19(17)25(24)22(33)32(23(28)31-25)13-20-29-11-18(26)12-30-20/h4-6,11-12,14-15,21H,7-9,13H2,1-3H3,(H2,28,31)/t14-,15+,21?,24?,25-/m1/s1. The summed E-state index contributed by atoms with van der Waals surface area (Å²) in [5.41, 5.74) is 6.88. The first-order valence-electron chi connectivity index (χ1n) is 11.4. The number of aliphatic imine (C=N–C) groups is 1. The number of hydrogen-bond donors (Lipinski definition) is 1. The number of rotatable bonds is 3. The smallest absolute Gasteiger partial charge is 0.262 e. The molecule has 5 atom stereocenters. The second-order valence-electron chi connectivity index (χ2n) is 9.89. The number of amides is 1. The Morgan fingerprint density at radius 1 is 1.26 bits per heavy atom. The van der Waals surface area contributed by atoms with Crippen molar-refractivity contribution in [1.29, 1.82) is 5.26 Å². The van der Waals surface area contributed by atoms with Crippen LogP contribution in [0.5, 0.6) is 0 Å². The van der Waals surface area contributed by atoms with Gasteiger partial charge in [-0.1, -0.05) is 19.9 Å². The van der Waals surface area contributed by atoms with Crippen molar-refractivity contribution in [3.05, 3.63) is 58.9 Å². The normalized spacial score (nSPS) is 32.2. The number of halogens is 1. The molecule has 1 saturated carbocycles. The number of hydrogen-bond acceptors (Lipinski definition) is 7. The highest BCUT2D eigenvalue weighted by atomic mass is 19.1. The molecule has 1 aromatic carbocycles. The highest BCUT2D eigenvalue weighted by Crippen LogP contribution is 2.63. The van der Waals surface area contributed by atoms with E-state index in [1.165, 1.54) is 4.90 Å². The van der Waals surface area contributed by atoms with Gasteiger partial charge >= 0.3 is 0 Å². The topological polar surface area (TPSA) is 117 Å². The molecule has 0 saturated heterocycles. The third-order valence-electron chi connectivity index (χ3n) is 7.83. The summed E-state index contributed by atoms with van der Waals surface area (Å²) in [5.74, 6) is -0.0418. The molecule has 1 amide bonds. The quantitative estimate of drug-likeness (QED) is 0.749. The van der Waals surface area contributed by atoms with E-state index >= 15 is 0 Å². The van der Waals surface area contributed by atoms with E-state index in [4.69, 9.17) is 15.5 Å². The number of nitrogens with zero attached hydrogens (tertiary/aromatic N) is 5. The van der Waals surface area contributed by atoms with Gasteiger partial charge in [-0.2, -0.15) is 5.26 Å². The van der Waals surface area contributed by atoms with Gasteiger partial charge < -0.3 is 10.5 Å². The van der Waals surface area contributed by atoms with Crippen molar-refractivity contribution in [3.63, 3.8) is 0 Å². The van der Waals surface area contributed by atoms with Crippen molar-refractivity contribution in [2.75, 3.05) is 7.11 Å². The van der Waals surface area contributed by atoms with Gasteiger partial charge in [-0.15, -0.1) is 0 Å². The van der Waals surface area contributed by atoms with Crippen molar-refractivity contribution >= 4 is 11.9 Å². The SMILES string of the molecule is COC1[C@H](C)CC2(Cc3ccc(C#N)cc3[C@]23N=C(N)N(Cc2ncc(F)cn2)C3=O)C[C@@H]1C. The monoisotopic (exact) mass is 462 g/mol.